The predicted octanol–water partition coefficient (Wildman–Crippen LogP) is 1.85. The molecule has 22 heavy (non-hydrogen) atoms. The minimum absolute atomic E-state index is 0.243. The van der Waals surface area contributed by atoms with Gasteiger partial charge in [0, 0.05) is 19.3 Å². The van der Waals surface area contributed by atoms with Crippen molar-refractivity contribution in [2.75, 3.05) is 13.1 Å². The van der Waals surface area contributed by atoms with Crippen LogP contribution in [-0.4, -0.2) is 40.9 Å². The number of pyridine rings is 1. The third-order valence-electron chi connectivity index (χ3n) is 3.33. The zero-order valence-corrected chi connectivity index (χ0v) is 13.7. The Morgan fingerprint density at radius 1 is 1.32 bits per heavy atom. The Labute approximate surface area is 133 Å². The van der Waals surface area contributed by atoms with Gasteiger partial charge in [-0.1, -0.05) is 16.9 Å². The molecule has 0 saturated carbocycles. The molecule has 0 aliphatic carbocycles. The molecular weight excluding hydrogens is 324 g/mol. The number of hydrogen-bond acceptors (Lipinski definition) is 7. The second-order valence-electron chi connectivity index (χ2n) is 4.97. The van der Waals surface area contributed by atoms with Gasteiger partial charge in [0.1, 0.15) is 4.90 Å². The summed E-state index contributed by atoms with van der Waals surface area (Å²) in [6.07, 6.45) is 3.25. The maximum absolute atomic E-state index is 12.4. The van der Waals surface area contributed by atoms with Gasteiger partial charge in [-0.2, -0.15) is 9.29 Å². The number of thioether (sulfide) groups is 1. The highest BCUT2D eigenvalue weighted by Gasteiger charge is 2.27. The Hall–Kier alpha value is -1.45. The summed E-state index contributed by atoms with van der Waals surface area (Å²) < 4.78 is 31.3. The average molecular weight is 340 g/mol. The smallest absolute Gasteiger partial charge is 0.244 e. The Bertz CT molecular complexity index is 737. The van der Waals surface area contributed by atoms with Crippen molar-refractivity contribution in [2.24, 2.45) is 0 Å². The molecule has 3 rings (SSSR count). The second-order valence-corrected chi connectivity index (χ2v) is 7.90. The molecule has 0 aromatic carbocycles. The lowest BCUT2D eigenvalue weighted by molar-refractivity contribution is 0.387. The molecule has 2 aromatic rings. The third-order valence-corrected chi connectivity index (χ3v) is 6.14. The van der Waals surface area contributed by atoms with E-state index in [1.807, 2.05) is 0 Å². The highest BCUT2D eigenvalue weighted by Crippen LogP contribution is 2.24. The molecule has 0 radical (unpaired) electrons. The summed E-state index contributed by atoms with van der Waals surface area (Å²) in [5.41, 5.74) is 0. The van der Waals surface area contributed by atoms with Crippen molar-refractivity contribution in [3.8, 4) is 0 Å². The van der Waals surface area contributed by atoms with Crippen molar-refractivity contribution >= 4 is 21.8 Å². The van der Waals surface area contributed by atoms with Crippen LogP contribution in [0.15, 0.2) is 32.8 Å². The van der Waals surface area contributed by atoms with Crippen LogP contribution in [0.5, 0.6) is 0 Å². The van der Waals surface area contributed by atoms with Crippen LogP contribution in [0.4, 0.5) is 0 Å². The molecule has 2 aromatic heterocycles. The van der Waals surface area contributed by atoms with Crippen LogP contribution >= 0.6 is 11.8 Å². The Morgan fingerprint density at radius 3 is 2.68 bits per heavy atom. The predicted molar refractivity (Wildman–Crippen MR) is 80.8 cm³/mol. The van der Waals surface area contributed by atoms with Gasteiger partial charge in [-0.05, 0) is 31.9 Å². The standard InChI is InChI=1S/C13H16N4O3S2/c1-10-15-12(20-16-10)9-21-13-5-4-11(8-14-13)22(18,19)17-6-2-3-7-17/h4-5,8H,2-3,6-7,9H2,1H3. The van der Waals surface area contributed by atoms with Crippen molar-refractivity contribution in [1.29, 1.82) is 0 Å². The van der Waals surface area contributed by atoms with Crippen LogP contribution in [0.2, 0.25) is 0 Å². The Kier molecular flexibility index (Phi) is 4.46. The maximum atomic E-state index is 12.4. The van der Waals surface area contributed by atoms with Crippen LogP contribution in [0.25, 0.3) is 0 Å². The van der Waals surface area contributed by atoms with Gasteiger partial charge in [0.05, 0.1) is 10.8 Å². The number of sulfonamides is 1. The SMILES string of the molecule is Cc1noc(CSc2ccc(S(=O)(=O)N3CCCC3)cn2)n1. The van der Waals surface area contributed by atoms with E-state index in [2.05, 4.69) is 15.1 Å². The van der Waals surface area contributed by atoms with Crippen LogP contribution < -0.4 is 0 Å². The van der Waals surface area contributed by atoms with Gasteiger partial charge in [0.25, 0.3) is 0 Å². The molecule has 1 aliphatic heterocycles. The van der Waals surface area contributed by atoms with E-state index in [1.165, 1.54) is 22.3 Å². The first kappa shape index (κ1) is 15.4. The Balaban J connectivity index is 1.67. The summed E-state index contributed by atoms with van der Waals surface area (Å²) in [5, 5.41) is 4.43. The van der Waals surface area contributed by atoms with Gasteiger partial charge in [-0.25, -0.2) is 13.4 Å². The summed E-state index contributed by atoms with van der Waals surface area (Å²) in [4.78, 5) is 8.55. The lowest BCUT2D eigenvalue weighted by atomic mass is 10.4. The normalized spacial score (nSPS) is 16.2. The van der Waals surface area contributed by atoms with Crippen LogP contribution in [0.1, 0.15) is 24.6 Å². The lowest BCUT2D eigenvalue weighted by Crippen LogP contribution is -2.27. The highest BCUT2D eigenvalue weighted by atomic mass is 32.2. The van der Waals surface area contributed by atoms with E-state index in [4.69, 9.17) is 4.52 Å². The monoisotopic (exact) mass is 340 g/mol. The largest absolute Gasteiger partial charge is 0.338 e. The summed E-state index contributed by atoms with van der Waals surface area (Å²) in [6, 6.07) is 3.30. The van der Waals surface area contributed by atoms with Crippen LogP contribution in [-0.2, 0) is 15.8 Å². The average Bonchev–Trinajstić information content (AvgIpc) is 3.17. The maximum Gasteiger partial charge on any atom is 0.244 e. The summed E-state index contributed by atoms with van der Waals surface area (Å²) in [5.74, 6) is 1.63. The van der Waals surface area contributed by atoms with Gasteiger partial charge >= 0.3 is 0 Å². The molecule has 0 amide bonds. The minimum Gasteiger partial charge on any atom is -0.338 e. The molecule has 1 aliphatic rings. The summed E-state index contributed by atoms with van der Waals surface area (Å²) in [6.45, 7) is 2.94. The Morgan fingerprint density at radius 2 is 2.09 bits per heavy atom. The highest BCUT2D eigenvalue weighted by molar-refractivity contribution is 7.98. The fourth-order valence-electron chi connectivity index (χ4n) is 2.22. The third kappa shape index (κ3) is 3.31. The zero-order chi connectivity index (χ0) is 15.6. The number of nitrogens with zero attached hydrogens (tertiary/aromatic N) is 4. The van der Waals surface area contributed by atoms with Gasteiger partial charge in [0.2, 0.25) is 15.9 Å². The van der Waals surface area contributed by atoms with Crippen molar-refractivity contribution < 1.29 is 12.9 Å². The molecule has 0 spiro atoms. The van der Waals surface area contributed by atoms with Crippen molar-refractivity contribution in [3.63, 3.8) is 0 Å². The fraction of sp³-hybridized carbons (Fsp3) is 0.462. The van der Waals surface area contributed by atoms with E-state index in [1.54, 1.807) is 19.1 Å². The van der Waals surface area contributed by atoms with Gasteiger partial charge in [-0.3, -0.25) is 0 Å². The molecule has 9 heteroatoms. The molecule has 118 valence electrons. The van der Waals surface area contributed by atoms with E-state index in [-0.39, 0.29) is 4.90 Å². The van der Waals surface area contributed by atoms with Gasteiger partial charge in [-0.15, -0.1) is 0 Å². The summed E-state index contributed by atoms with van der Waals surface area (Å²) >= 11 is 1.42. The first-order chi connectivity index (χ1) is 10.6. The lowest BCUT2D eigenvalue weighted by Gasteiger charge is -2.15. The number of rotatable bonds is 5. The molecule has 1 fully saturated rings. The number of aryl methyl sites for hydroxylation is 1. The number of hydrogen-bond donors (Lipinski definition) is 0. The van der Waals surface area contributed by atoms with E-state index < -0.39 is 10.0 Å². The van der Waals surface area contributed by atoms with Gasteiger partial charge in [0.15, 0.2) is 5.82 Å². The molecule has 0 bridgehead atoms. The van der Waals surface area contributed by atoms with E-state index in [0.717, 1.165) is 17.9 Å². The molecule has 0 atom stereocenters. The molecular formula is C13H16N4O3S2. The topological polar surface area (TPSA) is 89.2 Å². The van der Waals surface area contributed by atoms with Gasteiger partial charge < -0.3 is 4.52 Å². The van der Waals surface area contributed by atoms with E-state index >= 15 is 0 Å². The molecule has 7 nitrogen and oxygen atoms in total. The van der Waals surface area contributed by atoms with Crippen LogP contribution in [0.3, 0.4) is 0 Å². The van der Waals surface area contributed by atoms with E-state index in [9.17, 15) is 8.42 Å². The molecule has 0 unspecified atom stereocenters. The van der Waals surface area contributed by atoms with Crippen molar-refractivity contribution in [1.82, 2.24) is 19.4 Å². The molecule has 0 N–H and O–H groups in total. The summed E-state index contributed by atoms with van der Waals surface area (Å²) in [7, 11) is -3.40. The fourth-order valence-corrected chi connectivity index (χ4v) is 4.36. The van der Waals surface area contributed by atoms with Crippen molar-refractivity contribution in [3.05, 3.63) is 30.0 Å². The molecule has 1 saturated heterocycles. The first-order valence-electron chi connectivity index (χ1n) is 6.94. The van der Waals surface area contributed by atoms with Crippen LogP contribution in [0, 0.1) is 6.92 Å². The quantitative estimate of drug-likeness (QED) is 0.767. The number of aromatic nitrogens is 3. The van der Waals surface area contributed by atoms with Crippen molar-refractivity contribution in [2.45, 2.75) is 35.4 Å². The zero-order valence-electron chi connectivity index (χ0n) is 12.1. The first-order valence-corrected chi connectivity index (χ1v) is 9.36. The second kappa shape index (κ2) is 6.35. The molecule has 3 heterocycles. The van der Waals surface area contributed by atoms with E-state index in [0.29, 0.717) is 30.6 Å². The minimum atomic E-state index is -3.40.